The van der Waals surface area contributed by atoms with Crippen molar-refractivity contribution in [3.05, 3.63) is 29.3 Å². The van der Waals surface area contributed by atoms with Crippen LogP contribution in [0.4, 0.5) is 14.5 Å². The fourth-order valence-electron chi connectivity index (χ4n) is 1.35. The lowest BCUT2D eigenvalue weighted by Crippen LogP contribution is -2.25. The Hall–Kier alpha value is -1.20. The lowest BCUT2D eigenvalue weighted by Gasteiger charge is -2.14. The quantitative estimate of drug-likeness (QED) is 0.806. The Labute approximate surface area is 99.4 Å². The maximum absolute atomic E-state index is 13.5. The zero-order chi connectivity index (χ0) is 12.8. The fraction of sp³-hybridized carbons (Fsp3) is 0.500. The summed E-state index contributed by atoms with van der Waals surface area (Å²) < 4.78 is 31.9. The van der Waals surface area contributed by atoms with E-state index in [1.165, 1.54) is 12.1 Å². The third-order valence-corrected chi connectivity index (χ3v) is 2.31. The number of rotatable bonds is 6. The number of ether oxygens (including phenoxy) is 1. The summed E-state index contributed by atoms with van der Waals surface area (Å²) in [6.07, 6.45) is -0.797. The van der Waals surface area contributed by atoms with E-state index >= 15 is 0 Å². The van der Waals surface area contributed by atoms with Crippen molar-refractivity contribution >= 4 is 5.69 Å². The van der Waals surface area contributed by atoms with E-state index in [2.05, 4.69) is 5.32 Å². The van der Waals surface area contributed by atoms with Gasteiger partial charge in [0.1, 0.15) is 11.5 Å². The van der Waals surface area contributed by atoms with Crippen LogP contribution >= 0.6 is 0 Å². The third-order valence-electron chi connectivity index (χ3n) is 2.31. The number of aliphatic hydroxyl groups is 1. The van der Waals surface area contributed by atoms with Gasteiger partial charge in [-0.25, -0.2) is 8.78 Å². The number of hydrogen-bond acceptors (Lipinski definition) is 3. The summed E-state index contributed by atoms with van der Waals surface area (Å²) >= 11 is 0. The van der Waals surface area contributed by atoms with E-state index in [0.717, 1.165) is 0 Å². The van der Waals surface area contributed by atoms with Gasteiger partial charge in [-0.1, -0.05) is 6.07 Å². The van der Waals surface area contributed by atoms with Crippen molar-refractivity contribution in [2.75, 3.05) is 25.1 Å². The first-order valence-corrected chi connectivity index (χ1v) is 5.50. The zero-order valence-corrected chi connectivity index (χ0v) is 9.96. The van der Waals surface area contributed by atoms with E-state index in [1.54, 1.807) is 13.8 Å². The van der Waals surface area contributed by atoms with Crippen molar-refractivity contribution in [3.63, 3.8) is 0 Å². The lowest BCUT2D eigenvalue weighted by atomic mass is 10.2. The molecule has 0 aromatic heterocycles. The average Bonchev–Trinajstić information content (AvgIpc) is 2.31. The molecule has 0 heterocycles. The van der Waals surface area contributed by atoms with E-state index in [-0.39, 0.29) is 18.8 Å². The minimum absolute atomic E-state index is 0.0390. The topological polar surface area (TPSA) is 41.5 Å². The lowest BCUT2D eigenvalue weighted by molar-refractivity contribution is 0.0495. The van der Waals surface area contributed by atoms with Crippen LogP contribution in [-0.4, -0.2) is 31.0 Å². The van der Waals surface area contributed by atoms with E-state index < -0.39 is 17.7 Å². The predicted molar refractivity (Wildman–Crippen MR) is 62.1 cm³/mol. The molecule has 1 aromatic rings. The molecule has 0 aliphatic heterocycles. The largest absolute Gasteiger partial charge is 0.389 e. The molecule has 1 unspecified atom stereocenters. The van der Waals surface area contributed by atoms with Gasteiger partial charge in [-0.3, -0.25) is 0 Å². The van der Waals surface area contributed by atoms with Gasteiger partial charge in [0, 0.05) is 13.2 Å². The molecule has 0 fully saturated rings. The van der Waals surface area contributed by atoms with E-state index in [0.29, 0.717) is 12.2 Å². The van der Waals surface area contributed by atoms with Gasteiger partial charge in [0.25, 0.3) is 0 Å². The first-order valence-electron chi connectivity index (χ1n) is 5.50. The van der Waals surface area contributed by atoms with Gasteiger partial charge in [-0.05, 0) is 25.5 Å². The molecular formula is C12H17F2NO2. The van der Waals surface area contributed by atoms with Gasteiger partial charge in [0.15, 0.2) is 5.82 Å². The van der Waals surface area contributed by atoms with Gasteiger partial charge in [0.2, 0.25) is 0 Å². The van der Waals surface area contributed by atoms with Crippen LogP contribution in [0.5, 0.6) is 0 Å². The van der Waals surface area contributed by atoms with E-state index in [4.69, 9.17) is 4.74 Å². The Kier molecular flexibility index (Phi) is 5.31. The fourth-order valence-corrected chi connectivity index (χ4v) is 1.35. The smallest absolute Gasteiger partial charge is 0.152 e. The van der Waals surface area contributed by atoms with Crippen LogP contribution in [0, 0.1) is 18.6 Å². The SMILES string of the molecule is CCOCC(O)CNc1c(F)ccc(C)c1F. The van der Waals surface area contributed by atoms with Crippen LogP contribution in [0.1, 0.15) is 12.5 Å². The average molecular weight is 245 g/mol. The molecule has 5 heteroatoms. The minimum atomic E-state index is -0.797. The Bertz CT molecular complexity index is 372. The maximum Gasteiger partial charge on any atom is 0.152 e. The molecule has 0 spiro atoms. The highest BCUT2D eigenvalue weighted by Gasteiger charge is 2.12. The van der Waals surface area contributed by atoms with Crippen molar-refractivity contribution in [3.8, 4) is 0 Å². The van der Waals surface area contributed by atoms with E-state index in [9.17, 15) is 13.9 Å². The van der Waals surface area contributed by atoms with Crippen LogP contribution in [0.25, 0.3) is 0 Å². The third kappa shape index (κ3) is 3.94. The highest BCUT2D eigenvalue weighted by Crippen LogP contribution is 2.21. The number of hydrogen-bond donors (Lipinski definition) is 2. The number of benzene rings is 1. The van der Waals surface area contributed by atoms with Crippen molar-refractivity contribution in [2.24, 2.45) is 0 Å². The van der Waals surface area contributed by atoms with Crippen molar-refractivity contribution < 1.29 is 18.6 Å². The van der Waals surface area contributed by atoms with Gasteiger partial charge < -0.3 is 15.2 Å². The normalized spacial score (nSPS) is 12.5. The van der Waals surface area contributed by atoms with Gasteiger partial charge in [0.05, 0.1) is 12.7 Å². The van der Waals surface area contributed by atoms with Crippen LogP contribution in [0.15, 0.2) is 12.1 Å². The molecule has 3 nitrogen and oxygen atoms in total. The Morgan fingerprint density at radius 2 is 2.12 bits per heavy atom. The maximum atomic E-state index is 13.5. The number of halogens is 2. The molecule has 2 N–H and O–H groups in total. The molecule has 0 radical (unpaired) electrons. The second kappa shape index (κ2) is 6.51. The number of anilines is 1. The molecule has 0 aliphatic rings. The summed E-state index contributed by atoms with van der Waals surface area (Å²) in [5, 5.41) is 12.0. The standard InChI is InChI=1S/C12H17F2NO2/c1-3-17-7-9(16)6-15-12-10(13)5-4-8(2)11(12)14/h4-5,9,15-16H,3,6-7H2,1-2H3. The summed E-state index contributed by atoms with van der Waals surface area (Å²) in [7, 11) is 0. The zero-order valence-electron chi connectivity index (χ0n) is 9.96. The van der Waals surface area contributed by atoms with Crippen LogP contribution in [0.2, 0.25) is 0 Å². The Morgan fingerprint density at radius 3 is 2.76 bits per heavy atom. The summed E-state index contributed by atoms with van der Waals surface area (Å²) in [4.78, 5) is 0. The summed E-state index contributed by atoms with van der Waals surface area (Å²) in [6.45, 7) is 4.02. The molecule has 0 amide bonds. The van der Waals surface area contributed by atoms with Crippen molar-refractivity contribution in [1.29, 1.82) is 0 Å². The molecule has 1 atom stereocenters. The highest BCUT2D eigenvalue weighted by molar-refractivity contribution is 5.48. The van der Waals surface area contributed by atoms with Gasteiger partial charge in [-0.2, -0.15) is 0 Å². The monoisotopic (exact) mass is 245 g/mol. The first-order chi connectivity index (χ1) is 8.06. The molecule has 1 aromatic carbocycles. The molecule has 0 saturated heterocycles. The van der Waals surface area contributed by atoms with Gasteiger partial charge in [-0.15, -0.1) is 0 Å². The highest BCUT2D eigenvalue weighted by atomic mass is 19.1. The van der Waals surface area contributed by atoms with Gasteiger partial charge >= 0.3 is 0 Å². The summed E-state index contributed by atoms with van der Waals surface area (Å²) in [6, 6.07) is 2.56. The summed E-state index contributed by atoms with van der Waals surface area (Å²) in [5.74, 6) is -1.30. The Morgan fingerprint density at radius 1 is 1.41 bits per heavy atom. The van der Waals surface area contributed by atoms with Crippen molar-refractivity contribution in [1.82, 2.24) is 0 Å². The van der Waals surface area contributed by atoms with Crippen LogP contribution < -0.4 is 5.32 Å². The molecule has 0 saturated carbocycles. The second-order valence-corrected chi connectivity index (χ2v) is 3.75. The molecule has 17 heavy (non-hydrogen) atoms. The molecule has 96 valence electrons. The number of nitrogens with one attached hydrogen (secondary N) is 1. The predicted octanol–water partition coefficient (Wildman–Crippen LogP) is 2.08. The Balaban J connectivity index is 2.60. The van der Waals surface area contributed by atoms with E-state index in [1.807, 2.05) is 0 Å². The molecular weight excluding hydrogens is 228 g/mol. The van der Waals surface area contributed by atoms with Crippen LogP contribution in [0.3, 0.4) is 0 Å². The number of aryl methyl sites for hydroxylation is 1. The number of aliphatic hydroxyl groups excluding tert-OH is 1. The van der Waals surface area contributed by atoms with Crippen LogP contribution in [-0.2, 0) is 4.74 Å². The second-order valence-electron chi connectivity index (χ2n) is 3.75. The molecule has 1 rings (SSSR count). The summed E-state index contributed by atoms with van der Waals surface area (Å²) in [5.41, 5.74) is 0.147. The first kappa shape index (κ1) is 13.9. The molecule has 0 bridgehead atoms. The van der Waals surface area contributed by atoms with Crippen molar-refractivity contribution in [2.45, 2.75) is 20.0 Å². The molecule has 0 aliphatic carbocycles. The minimum Gasteiger partial charge on any atom is -0.389 e.